The van der Waals surface area contributed by atoms with Gasteiger partial charge in [0.05, 0.1) is 6.61 Å². The summed E-state index contributed by atoms with van der Waals surface area (Å²) in [6.07, 6.45) is -0.735. The van der Waals surface area contributed by atoms with Gasteiger partial charge in [0.15, 0.2) is 0 Å². The van der Waals surface area contributed by atoms with Crippen LogP contribution >= 0.6 is 0 Å². The fraction of sp³-hybridized carbons (Fsp3) is 0.250. The van der Waals surface area contributed by atoms with Crippen LogP contribution in [0.1, 0.15) is 11.7 Å². The number of aliphatic hydroxyl groups is 2. The van der Waals surface area contributed by atoms with Crippen LogP contribution in [0.3, 0.4) is 0 Å². The van der Waals surface area contributed by atoms with Crippen LogP contribution in [-0.4, -0.2) is 24.1 Å². The van der Waals surface area contributed by atoms with E-state index in [2.05, 4.69) is 0 Å². The van der Waals surface area contributed by atoms with Crippen LogP contribution in [0.2, 0.25) is 0 Å². The average molecular weight is 314 g/mol. The van der Waals surface area contributed by atoms with Gasteiger partial charge in [-0.1, -0.05) is 30.3 Å². The van der Waals surface area contributed by atoms with Gasteiger partial charge in [-0.15, -0.1) is 0 Å². The Morgan fingerprint density at radius 3 is 1.65 bits per heavy atom. The smallest absolute Gasteiger partial charge is 0.907 e. The molecule has 0 bridgehead atoms. The van der Waals surface area contributed by atoms with Crippen molar-refractivity contribution in [3.05, 3.63) is 35.9 Å². The Labute approximate surface area is 229 Å². The topological polar surface area (TPSA) is 110 Å². The van der Waals surface area contributed by atoms with Crippen LogP contribution in [0.5, 0.6) is 0 Å². The fourth-order valence-corrected chi connectivity index (χ4v) is 0.781. The molecule has 1 aromatic carbocycles. The molecule has 5 nitrogen and oxygen atoms in total. The van der Waals surface area contributed by atoms with Gasteiger partial charge in [0.25, 0.3) is 0 Å². The summed E-state index contributed by atoms with van der Waals surface area (Å²) in [5, 5.41) is 42.9. The molecule has 0 saturated carbocycles. The van der Waals surface area contributed by atoms with Crippen molar-refractivity contribution in [2.24, 2.45) is 0 Å². The van der Waals surface area contributed by atoms with E-state index in [0.29, 0.717) is 0 Å². The minimum Gasteiger partial charge on any atom is -0.907 e. The summed E-state index contributed by atoms with van der Waals surface area (Å²) in [4.78, 5) is 0. The van der Waals surface area contributed by atoms with Crippen LogP contribution < -0.4 is 169 Å². The number of aliphatic hydroxyl groups excluding tert-OH is 2. The molecule has 0 saturated heterocycles. The second-order valence-corrected chi connectivity index (χ2v) is 2.40. The Balaban J connectivity index is -0.000000108. The van der Waals surface area contributed by atoms with Crippen LogP contribution in [0.25, 0.3) is 0 Å². The maximum atomic E-state index is 9.08. The van der Waals surface area contributed by atoms with Crippen molar-refractivity contribution in [2.45, 2.75) is 6.10 Å². The van der Waals surface area contributed by atoms with Crippen LogP contribution in [0.4, 0.5) is 0 Å². The standard InChI is InChI=1S/C8H10O2.BO3.3K/c9-6-8(10)7-4-2-1-3-5-7;2-1(3)4;;;/h1-5,8-10H,6H2;;;;/q;-3;3*+1. The molecule has 0 spiro atoms. The largest absolute Gasteiger partial charge is 1.00 e. The van der Waals surface area contributed by atoms with Gasteiger partial charge in [-0.05, 0) is 5.56 Å². The number of benzene rings is 1. The minimum atomic E-state index is -2.92. The van der Waals surface area contributed by atoms with Crippen molar-refractivity contribution >= 4 is 7.32 Å². The molecule has 0 aliphatic rings. The zero-order chi connectivity index (χ0) is 11.0. The Bertz CT molecular complexity index is 237. The molecule has 17 heavy (non-hydrogen) atoms. The van der Waals surface area contributed by atoms with Crippen LogP contribution in [0.15, 0.2) is 30.3 Å². The summed E-state index contributed by atoms with van der Waals surface area (Å²) in [5.41, 5.74) is 0.755. The molecule has 1 atom stereocenters. The van der Waals surface area contributed by atoms with Gasteiger partial charge in [0.2, 0.25) is 0 Å². The fourth-order valence-electron chi connectivity index (χ4n) is 0.781. The third kappa shape index (κ3) is 20.0. The van der Waals surface area contributed by atoms with Crippen molar-refractivity contribution in [1.29, 1.82) is 0 Å². The molecule has 0 fully saturated rings. The molecule has 2 N–H and O–H groups in total. The van der Waals surface area contributed by atoms with Gasteiger partial charge in [0.1, 0.15) is 6.10 Å². The average Bonchev–Trinajstić information content (AvgIpc) is 2.17. The molecule has 9 heteroatoms. The summed E-state index contributed by atoms with van der Waals surface area (Å²) in [6, 6.07) is 9.08. The van der Waals surface area contributed by atoms with Crippen molar-refractivity contribution in [1.82, 2.24) is 0 Å². The van der Waals surface area contributed by atoms with E-state index < -0.39 is 13.4 Å². The quantitative estimate of drug-likeness (QED) is 0.527. The molecule has 0 amide bonds. The van der Waals surface area contributed by atoms with Gasteiger partial charge in [-0.25, -0.2) is 0 Å². The molecule has 0 heterocycles. The number of hydrogen-bond donors (Lipinski definition) is 2. The van der Waals surface area contributed by atoms with E-state index in [1.54, 1.807) is 12.1 Å². The van der Waals surface area contributed by atoms with Gasteiger partial charge in [-0.2, -0.15) is 0 Å². The zero-order valence-corrected chi connectivity index (χ0v) is 19.7. The predicted molar refractivity (Wildman–Crippen MR) is 44.2 cm³/mol. The van der Waals surface area contributed by atoms with E-state index in [9.17, 15) is 0 Å². The van der Waals surface area contributed by atoms with E-state index in [1.165, 1.54) is 0 Å². The monoisotopic (exact) mass is 314 g/mol. The minimum absolute atomic E-state index is 0. The van der Waals surface area contributed by atoms with Crippen LogP contribution in [-0.2, 0) is 0 Å². The van der Waals surface area contributed by atoms with E-state index >= 15 is 0 Å². The molecular weight excluding hydrogens is 304 g/mol. The van der Waals surface area contributed by atoms with Crippen molar-refractivity contribution < 1.29 is 179 Å². The molecule has 1 unspecified atom stereocenters. The first-order valence-electron chi connectivity index (χ1n) is 3.89. The zero-order valence-electron chi connectivity index (χ0n) is 10.4. The second kappa shape index (κ2) is 20.0. The summed E-state index contributed by atoms with van der Waals surface area (Å²) in [6.45, 7) is -0.218. The van der Waals surface area contributed by atoms with E-state index in [-0.39, 0.29) is 161 Å². The second-order valence-electron chi connectivity index (χ2n) is 2.40. The summed E-state index contributed by atoms with van der Waals surface area (Å²) in [7, 11) is -2.92. The summed E-state index contributed by atoms with van der Waals surface area (Å²) in [5.74, 6) is 0. The Morgan fingerprint density at radius 2 is 1.35 bits per heavy atom. The Morgan fingerprint density at radius 1 is 1.00 bits per heavy atom. The van der Waals surface area contributed by atoms with Crippen molar-refractivity contribution in [3.8, 4) is 0 Å². The number of hydrogen-bond acceptors (Lipinski definition) is 5. The summed E-state index contributed by atoms with van der Waals surface area (Å²) < 4.78 is 0. The molecule has 0 radical (unpaired) electrons. The molecule has 0 aliphatic heterocycles. The van der Waals surface area contributed by atoms with Gasteiger partial charge < -0.3 is 25.3 Å². The molecule has 0 aliphatic carbocycles. The first-order valence-corrected chi connectivity index (χ1v) is 3.89. The van der Waals surface area contributed by atoms with E-state index in [4.69, 9.17) is 25.3 Å². The molecule has 78 valence electrons. The maximum absolute atomic E-state index is 9.08. The maximum Gasteiger partial charge on any atom is 1.00 e. The van der Waals surface area contributed by atoms with Crippen molar-refractivity contribution in [3.63, 3.8) is 0 Å². The Hall–Kier alpha value is 3.99. The van der Waals surface area contributed by atoms with Gasteiger partial charge in [-0.3, -0.25) is 7.32 Å². The first-order chi connectivity index (χ1) is 6.57. The summed E-state index contributed by atoms with van der Waals surface area (Å²) >= 11 is 0. The molecule has 1 aromatic rings. The molecular formula is C8H10BK3O5. The van der Waals surface area contributed by atoms with Gasteiger partial charge >= 0.3 is 154 Å². The van der Waals surface area contributed by atoms with E-state index in [1.807, 2.05) is 18.2 Å². The van der Waals surface area contributed by atoms with E-state index in [0.717, 1.165) is 5.56 Å². The molecule has 0 aromatic heterocycles. The SMILES string of the molecule is OCC(O)c1ccccc1.[K+].[K+].[K+].[O-]B([O-])[O-]. The van der Waals surface area contributed by atoms with Crippen molar-refractivity contribution in [2.75, 3.05) is 6.61 Å². The normalized spacial score (nSPS) is 9.24. The van der Waals surface area contributed by atoms with Crippen LogP contribution in [0, 0.1) is 0 Å². The predicted octanol–water partition coefficient (Wildman–Crippen LogP) is -12.2. The Kier molecular flexibility index (Phi) is 34.2. The van der Waals surface area contributed by atoms with Gasteiger partial charge in [0, 0.05) is 0 Å². The number of rotatable bonds is 2. The molecule has 1 rings (SSSR count). The third-order valence-corrected chi connectivity index (χ3v) is 1.36. The third-order valence-electron chi connectivity index (χ3n) is 1.36. The first kappa shape index (κ1) is 29.1.